The molecule has 1 amide bonds. The Bertz CT molecular complexity index is 701. The molecule has 2 rings (SSSR count). The summed E-state index contributed by atoms with van der Waals surface area (Å²) < 4.78 is 21.3. The number of hydrogen-bond acceptors (Lipinski definition) is 7. The number of nitrogens with zero attached hydrogens (tertiary/aromatic N) is 2. The molecule has 0 aliphatic carbocycles. The SMILES string of the molecule is CCOC(=O)C1CCN(CC(=O)N(C)Cc2ccc(OC)c(OC)c2OC)CC1. The van der Waals surface area contributed by atoms with Crippen molar-refractivity contribution in [1.29, 1.82) is 0 Å². The van der Waals surface area contributed by atoms with E-state index in [4.69, 9.17) is 18.9 Å². The first kappa shape index (κ1) is 22.8. The lowest BCUT2D eigenvalue weighted by Gasteiger charge is -2.31. The molecular weight excluding hydrogens is 376 g/mol. The van der Waals surface area contributed by atoms with E-state index < -0.39 is 0 Å². The Balaban J connectivity index is 1.94. The van der Waals surface area contributed by atoms with Crippen LogP contribution >= 0.6 is 0 Å². The maximum atomic E-state index is 12.7. The molecule has 0 atom stereocenters. The summed E-state index contributed by atoms with van der Waals surface area (Å²) in [6.45, 7) is 4.35. The average Bonchev–Trinajstić information content (AvgIpc) is 2.73. The second kappa shape index (κ2) is 10.9. The highest BCUT2D eigenvalue weighted by Crippen LogP contribution is 2.40. The summed E-state index contributed by atoms with van der Waals surface area (Å²) in [5.41, 5.74) is 0.835. The second-order valence-electron chi connectivity index (χ2n) is 7.05. The third-order valence-electron chi connectivity index (χ3n) is 5.19. The topological polar surface area (TPSA) is 77.5 Å². The van der Waals surface area contributed by atoms with Crippen LogP contribution in [0.4, 0.5) is 0 Å². The number of likely N-dealkylation sites (tertiary alicyclic amines) is 1. The van der Waals surface area contributed by atoms with Crippen LogP contribution in [0.2, 0.25) is 0 Å². The van der Waals surface area contributed by atoms with Crippen molar-refractivity contribution in [2.45, 2.75) is 26.3 Å². The van der Waals surface area contributed by atoms with Gasteiger partial charge in [-0.25, -0.2) is 0 Å². The van der Waals surface area contributed by atoms with Gasteiger partial charge in [0.15, 0.2) is 11.5 Å². The number of esters is 1. The highest BCUT2D eigenvalue weighted by atomic mass is 16.5. The molecule has 8 heteroatoms. The lowest BCUT2D eigenvalue weighted by Crippen LogP contribution is -2.43. The molecule has 0 spiro atoms. The van der Waals surface area contributed by atoms with E-state index in [9.17, 15) is 9.59 Å². The van der Waals surface area contributed by atoms with Gasteiger partial charge in [0.1, 0.15) is 0 Å². The molecule has 1 aliphatic rings. The fourth-order valence-electron chi connectivity index (χ4n) is 3.53. The van der Waals surface area contributed by atoms with Gasteiger partial charge in [-0.1, -0.05) is 0 Å². The van der Waals surface area contributed by atoms with Crippen molar-refractivity contribution in [3.63, 3.8) is 0 Å². The van der Waals surface area contributed by atoms with Gasteiger partial charge in [0.2, 0.25) is 11.7 Å². The van der Waals surface area contributed by atoms with E-state index in [0.717, 1.165) is 18.4 Å². The van der Waals surface area contributed by atoms with E-state index in [1.165, 1.54) is 0 Å². The third-order valence-corrected chi connectivity index (χ3v) is 5.19. The number of ether oxygens (including phenoxy) is 4. The van der Waals surface area contributed by atoms with E-state index in [-0.39, 0.29) is 17.8 Å². The number of amides is 1. The predicted molar refractivity (Wildman–Crippen MR) is 108 cm³/mol. The summed E-state index contributed by atoms with van der Waals surface area (Å²) in [6, 6.07) is 3.67. The first-order chi connectivity index (χ1) is 13.9. The van der Waals surface area contributed by atoms with Gasteiger partial charge < -0.3 is 23.8 Å². The predicted octanol–water partition coefficient (Wildman–Crippen LogP) is 1.95. The molecule has 0 unspecified atom stereocenters. The number of rotatable bonds is 9. The van der Waals surface area contributed by atoms with Crippen molar-refractivity contribution in [2.24, 2.45) is 5.92 Å². The molecule has 0 radical (unpaired) electrons. The first-order valence-electron chi connectivity index (χ1n) is 9.85. The third kappa shape index (κ3) is 5.76. The van der Waals surface area contributed by atoms with Crippen LogP contribution in [0.1, 0.15) is 25.3 Å². The van der Waals surface area contributed by atoms with Gasteiger partial charge in [-0.05, 0) is 45.0 Å². The number of carbonyl (C=O) groups is 2. The minimum Gasteiger partial charge on any atom is -0.493 e. The Labute approximate surface area is 172 Å². The van der Waals surface area contributed by atoms with Crippen LogP contribution in [-0.2, 0) is 20.9 Å². The second-order valence-corrected chi connectivity index (χ2v) is 7.05. The quantitative estimate of drug-likeness (QED) is 0.578. The van der Waals surface area contributed by atoms with Crippen LogP contribution in [0.3, 0.4) is 0 Å². The number of likely N-dealkylation sites (N-methyl/N-ethyl adjacent to an activating group) is 1. The Kier molecular flexibility index (Phi) is 8.57. The van der Waals surface area contributed by atoms with Gasteiger partial charge in [0.25, 0.3) is 0 Å². The van der Waals surface area contributed by atoms with Gasteiger partial charge in [0, 0.05) is 19.2 Å². The van der Waals surface area contributed by atoms with Crippen LogP contribution in [0.15, 0.2) is 12.1 Å². The fraction of sp³-hybridized carbons (Fsp3) is 0.619. The molecule has 1 aliphatic heterocycles. The summed E-state index contributed by atoms with van der Waals surface area (Å²) >= 11 is 0. The van der Waals surface area contributed by atoms with Crippen LogP contribution in [0.5, 0.6) is 17.2 Å². The van der Waals surface area contributed by atoms with Crippen molar-refractivity contribution in [2.75, 3.05) is 54.6 Å². The summed E-state index contributed by atoms with van der Waals surface area (Å²) in [5, 5.41) is 0. The van der Waals surface area contributed by atoms with Crippen LogP contribution in [0.25, 0.3) is 0 Å². The Morgan fingerprint density at radius 3 is 2.28 bits per heavy atom. The molecule has 162 valence electrons. The van der Waals surface area contributed by atoms with Gasteiger partial charge >= 0.3 is 5.97 Å². The molecule has 1 heterocycles. The zero-order valence-corrected chi connectivity index (χ0v) is 18.0. The largest absolute Gasteiger partial charge is 0.493 e. The highest BCUT2D eigenvalue weighted by Gasteiger charge is 2.27. The Morgan fingerprint density at radius 1 is 1.07 bits per heavy atom. The maximum absolute atomic E-state index is 12.7. The van der Waals surface area contributed by atoms with Gasteiger partial charge in [-0.2, -0.15) is 0 Å². The standard InChI is InChI=1S/C21H32N2O6/c1-6-29-21(25)15-9-11-23(12-10-15)14-18(24)22(2)13-16-7-8-17(26-3)20(28-5)19(16)27-4/h7-8,15H,6,9-14H2,1-5H3. The van der Waals surface area contributed by atoms with Crippen LogP contribution in [0, 0.1) is 5.92 Å². The van der Waals surface area contributed by atoms with Crippen LogP contribution in [-0.4, -0.2) is 76.3 Å². The Morgan fingerprint density at radius 2 is 1.72 bits per heavy atom. The number of hydrogen-bond donors (Lipinski definition) is 0. The molecule has 0 bridgehead atoms. The molecule has 8 nitrogen and oxygen atoms in total. The van der Waals surface area contributed by atoms with Gasteiger partial charge in [-0.15, -0.1) is 0 Å². The number of benzene rings is 1. The number of carbonyl (C=O) groups excluding carboxylic acids is 2. The van der Waals surface area contributed by atoms with E-state index >= 15 is 0 Å². The smallest absolute Gasteiger partial charge is 0.309 e. The van der Waals surface area contributed by atoms with Gasteiger partial charge in [-0.3, -0.25) is 14.5 Å². The monoisotopic (exact) mass is 408 g/mol. The summed E-state index contributed by atoms with van der Waals surface area (Å²) in [6.07, 6.45) is 1.44. The molecule has 1 fully saturated rings. The molecule has 0 N–H and O–H groups in total. The zero-order valence-electron chi connectivity index (χ0n) is 18.0. The molecular formula is C21H32N2O6. The van der Waals surface area contributed by atoms with Crippen molar-refractivity contribution >= 4 is 11.9 Å². The van der Waals surface area contributed by atoms with Crippen LogP contribution < -0.4 is 14.2 Å². The fourth-order valence-corrected chi connectivity index (χ4v) is 3.53. The highest BCUT2D eigenvalue weighted by molar-refractivity contribution is 5.78. The molecule has 1 saturated heterocycles. The zero-order chi connectivity index (χ0) is 21.4. The maximum Gasteiger partial charge on any atom is 0.309 e. The molecule has 0 saturated carbocycles. The Hall–Kier alpha value is -2.48. The van der Waals surface area contributed by atoms with E-state index in [1.54, 1.807) is 39.3 Å². The minimum absolute atomic E-state index is 0.0106. The van der Waals surface area contributed by atoms with E-state index in [2.05, 4.69) is 4.90 Å². The summed E-state index contributed by atoms with van der Waals surface area (Å²) in [7, 11) is 6.46. The lowest BCUT2D eigenvalue weighted by molar-refractivity contribution is -0.149. The van der Waals surface area contributed by atoms with E-state index in [1.807, 2.05) is 13.0 Å². The molecule has 29 heavy (non-hydrogen) atoms. The number of methoxy groups -OCH3 is 3. The lowest BCUT2D eigenvalue weighted by atomic mass is 9.97. The molecule has 1 aromatic rings. The summed E-state index contributed by atoms with van der Waals surface area (Å²) in [4.78, 5) is 28.3. The normalized spacial score (nSPS) is 14.9. The first-order valence-corrected chi connectivity index (χ1v) is 9.85. The number of piperidine rings is 1. The average molecular weight is 408 g/mol. The molecule has 1 aromatic carbocycles. The minimum atomic E-state index is -0.129. The van der Waals surface area contributed by atoms with Crippen molar-refractivity contribution in [1.82, 2.24) is 9.80 Å². The van der Waals surface area contributed by atoms with Crippen molar-refractivity contribution < 1.29 is 28.5 Å². The van der Waals surface area contributed by atoms with E-state index in [0.29, 0.717) is 50.0 Å². The van der Waals surface area contributed by atoms with Crippen molar-refractivity contribution in [3.8, 4) is 17.2 Å². The molecule has 0 aromatic heterocycles. The van der Waals surface area contributed by atoms with Crippen molar-refractivity contribution in [3.05, 3.63) is 17.7 Å². The van der Waals surface area contributed by atoms with Gasteiger partial charge in [0.05, 0.1) is 40.4 Å². The summed E-state index contributed by atoms with van der Waals surface area (Å²) in [5.74, 6) is 1.46.